The Balaban J connectivity index is 1.36. The predicted molar refractivity (Wildman–Crippen MR) is 130 cm³/mol. The minimum atomic E-state index is -3.66. The van der Waals surface area contributed by atoms with E-state index in [2.05, 4.69) is 20.3 Å². The van der Waals surface area contributed by atoms with Gasteiger partial charge in [0.05, 0.1) is 4.90 Å². The molecule has 1 aromatic rings. The van der Waals surface area contributed by atoms with Crippen molar-refractivity contribution >= 4 is 27.8 Å². The van der Waals surface area contributed by atoms with Crippen molar-refractivity contribution in [2.45, 2.75) is 81.8 Å². The van der Waals surface area contributed by atoms with Gasteiger partial charge in [0.15, 0.2) is 0 Å². The first kappa shape index (κ1) is 24.5. The molecule has 1 atom stereocenters. The second-order valence-corrected chi connectivity index (χ2v) is 11.5. The van der Waals surface area contributed by atoms with Gasteiger partial charge in [0, 0.05) is 30.7 Å². The molecule has 1 saturated carbocycles. The lowest BCUT2D eigenvalue weighted by Gasteiger charge is -2.35. The van der Waals surface area contributed by atoms with Crippen LogP contribution in [0.15, 0.2) is 34.2 Å². The van der Waals surface area contributed by atoms with E-state index < -0.39 is 16.1 Å². The fraction of sp³-hybridized carbons (Fsp3) is 0.625. The normalized spacial score (nSPS) is 22.8. The van der Waals surface area contributed by atoms with Gasteiger partial charge in [-0.15, -0.1) is 0 Å². The third kappa shape index (κ3) is 5.54. The lowest BCUT2D eigenvalue weighted by Crippen LogP contribution is -2.52. The number of fused-ring (bicyclic) bond motifs is 1. The van der Waals surface area contributed by atoms with E-state index in [1.54, 1.807) is 23.1 Å². The van der Waals surface area contributed by atoms with Gasteiger partial charge in [-0.05, 0) is 43.7 Å². The molecule has 2 fully saturated rings. The van der Waals surface area contributed by atoms with E-state index in [1.807, 2.05) is 13.8 Å². The fourth-order valence-electron chi connectivity index (χ4n) is 4.95. The SMILES string of the molecule is CC(C)[C@H](N=C1NS(=O)(=O)c2ccccc21)C(=O)N1CCC(NC(=O)NC2CCCCC2)CC1. The van der Waals surface area contributed by atoms with Gasteiger partial charge in [0.2, 0.25) is 5.91 Å². The Bertz CT molecular complexity index is 1040. The first-order valence-corrected chi connectivity index (χ1v) is 13.8. The number of carbonyl (C=O) groups excluding carboxylic acids is 2. The van der Waals surface area contributed by atoms with Crippen LogP contribution in [0.3, 0.4) is 0 Å². The number of benzene rings is 1. The number of nitrogens with zero attached hydrogens (tertiary/aromatic N) is 2. The molecule has 1 aromatic carbocycles. The molecule has 2 heterocycles. The highest BCUT2D eigenvalue weighted by Crippen LogP contribution is 2.24. The van der Waals surface area contributed by atoms with Crippen LogP contribution in [0.5, 0.6) is 0 Å². The summed E-state index contributed by atoms with van der Waals surface area (Å²) in [5, 5.41) is 6.15. The van der Waals surface area contributed by atoms with Crippen LogP contribution in [0.1, 0.15) is 64.4 Å². The molecule has 3 aliphatic rings. The van der Waals surface area contributed by atoms with Crippen LogP contribution in [0.2, 0.25) is 0 Å². The van der Waals surface area contributed by atoms with Gasteiger partial charge < -0.3 is 15.5 Å². The molecule has 186 valence electrons. The number of nitrogens with one attached hydrogen (secondary N) is 3. The molecule has 3 amide bonds. The summed E-state index contributed by atoms with van der Waals surface area (Å²) in [6.45, 7) is 4.88. The summed E-state index contributed by atoms with van der Waals surface area (Å²) in [6.07, 6.45) is 7.02. The van der Waals surface area contributed by atoms with Crippen LogP contribution in [-0.4, -0.2) is 62.3 Å². The van der Waals surface area contributed by atoms with Gasteiger partial charge in [-0.2, -0.15) is 0 Å². The van der Waals surface area contributed by atoms with Gasteiger partial charge in [-0.3, -0.25) is 14.5 Å². The Morgan fingerprint density at radius 3 is 2.26 bits per heavy atom. The molecule has 9 nitrogen and oxygen atoms in total. The number of rotatable bonds is 5. The molecule has 10 heteroatoms. The molecule has 4 rings (SSSR count). The summed E-state index contributed by atoms with van der Waals surface area (Å²) in [4.78, 5) is 32.2. The van der Waals surface area contributed by atoms with E-state index >= 15 is 0 Å². The lowest BCUT2D eigenvalue weighted by molar-refractivity contribution is -0.134. The average molecular weight is 490 g/mol. The molecule has 0 aromatic heterocycles. The summed E-state index contributed by atoms with van der Waals surface area (Å²) in [5.41, 5.74) is 0.493. The largest absolute Gasteiger partial charge is 0.341 e. The van der Waals surface area contributed by atoms with E-state index in [1.165, 1.54) is 25.3 Å². The number of carbonyl (C=O) groups is 2. The highest BCUT2D eigenvalue weighted by molar-refractivity contribution is 7.90. The van der Waals surface area contributed by atoms with Crippen LogP contribution < -0.4 is 15.4 Å². The van der Waals surface area contributed by atoms with E-state index in [0.717, 1.165) is 12.8 Å². The first-order chi connectivity index (χ1) is 16.2. The topological polar surface area (TPSA) is 120 Å². The first-order valence-electron chi connectivity index (χ1n) is 12.3. The number of piperidine rings is 1. The van der Waals surface area contributed by atoms with Crippen molar-refractivity contribution in [3.63, 3.8) is 0 Å². The van der Waals surface area contributed by atoms with Crippen LogP contribution in [0.4, 0.5) is 4.79 Å². The third-order valence-corrected chi connectivity index (χ3v) is 8.29. The van der Waals surface area contributed by atoms with Crippen LogP contribution in [0.25, 0.3) is 0 Å². The number of amidine groups is 1. The smallest absolute Gasteiger partial charge is 0.315 e. The fourth-order valence-corrected chi connectivity index (χ4v) is 6.19. The van der Waals surface area contributed by atoms with E-state index in [-0.39, 0.29) is 40.7 Å². The van der Waals surface area contributed by atoms with Crippen molar-refractivity contribution in [2.75, 3.05) is 13.1 Å². The van der Waals surface area contributed by atoms with Crippen molar-refractivity contribution in [1.82, 2.24) is 20.3 Å². The Hall–Kier alpha value is -2.62. The van der Waals surface area contributed by atoms with Crippen molar-refractivity contribution < 1.29 is 18.0 Å². The summed E-state index contributed by atoms with van der Waals surface area (Å²) in [5.74, 6) is 0.00385. The minimum absolute atomic E-state index is 0.0324. The monoisotopic (exact) mass is 489 g/mol. The number of amides is 3. The highest BCUT2D eigenvalue weighted by Gasteiger charge is 2.35. The highest BCUT2D eigenvalue weighted by atomic mass is 32.2. The molecular formula is C24H35N5O4S. The zero-order valence-electron chi connectivity index (χ0n) is 19.9. The van der Waals surface area contributed by atoms with Crippen LogP contribution in [0, 0.1) is 5.92 Å². The standard InChI is InChI=1S/C24H35N5O4S/c1-16(2)21(27-22-19-10-6-7-11-20(19)34(32,33)28-22)23(30)29-14-12-18(13-15-29)26-24(31)25-17-8-4-3-5-9-17/h6-7,10-11,16-18,21H,3-5,8-9,12-15H2,1-2H3,(H,27,28)(H2,25,26,31)/t21-/m0/s1. The number of hydrogen-bond acceptors (Lipinski definition) is 5. The van der Waals surface area contributed by atoms with Gasteiger partial charge in [-0.1, -0.05) is 45.2 Å². The van der Waals surface area contributed by atoms with Crippen molar-refractivity contribution in [3.05, 3.63) is 29.8 Å². The molecule has 3 N–H and O–H groups in total. The third-order valence-electron chi connectivity index (χ3n) is 6.90. The summed E-state index contributed by atoms with van der Waals surface area (Å²) < 4.78 is 27.3. The van der Waals surface area contributed by atoms with Crippen molar-refractivity contribution in [1.29, 1.82) is 0 Å². The Morgan fingerprint density at radius 1 is 1.00 bits per heavy atom. The zero-order chi connectivity index (χ0) is 24.3. The molecule has 0 bridgehead atoms. The minimum Gasteiger partial charge on any atom is -0.341 e. The van der Waals surface area contributed by atoms with E-state index in [0.29, 0.717) is 31.5 Å². The van der Waals surface area contributed by atoms with E-state index in [9.17, 15) is 18.0 Å². The summed E-state index contributed by atoms with van der Waals surface area (Å²) >= 11 is 0. The second kappa shape index (κ2) is 10.3. The Kier molecular flexibility index (Phi) is 7.45. The number of urea groups is 1. The maximum Gasteiger partial charge on any atom is 0.315 e. The van der Waals surface area contributed by atoms with Gasteiger partial charge in [-0.25, -0.2) is 13.2 Å². The quantitative estimate of drug-likeness (QED) is 0.588. The molecular weight excluding hydrogens is 454 g/mol. The number of likely N-dealkylation sites (tertiary alicyclic amines) is 1. The predicted octanol–water partition coefficient (Wildman–Crippen LogP) is 2.37. The second-order valence-electron chi connectivity index (χ2n) is 9.82. The van der Waals surface area contributed by atoms with Crippen molar-refractivity contribution in [3.8, 4) is 0 Å². The molecule has 0 spiro atoms. The Labute approximate surface area is 201 Å². The van der Waals surface area contributed by atoms with Crippen molar-refractivity contribution in [2.24, 2.45) is 10.9 Å². The van der Waals surface area contributed by atoms with Crippen LogP contribution in [-0.2, 0) is 14.8 Å². The molecule has 34 heavy (non-hydrogen) atoms. The zero-order valence-corrected chi connectivity index (χ0v) is 20.7. The maximum atomic E-state index is 13.3. The average Bonchev–Trinajstić information content (AvgIpc) is 3.08. The van der Waals surface area contributed by atoms with Gasteiger partial charge in [0.25, 0.3) is 10.0 Å². The molecule has 2 aliphatic heterocycles. The van der Waals surface area contributed by atoms with Crippen LogP contribution >= 0.6 is 0 Å². The maximum absolute atomic E-state index is 13.3. The summed E-state index contributed by atoms with van der Waals surface area (Å²) in [7, 11) is -3.66. The van der Waals surface area contributed by atoms with E-state index in [4.69, 9.17) is 0 Å². The molecule has 1 saturated heterocycles. The lowest BCUT2D eigenvalue weighted by atomic mass is 9.96. The number of aliphatic imine (C=N–C) groups is 1. The number of sulfonamides is 1. The Morgan fingerprint density at radius 2 is 1.62 bits per heavy atom. The molecule has 1 aliphatic carbocycles. The van der Waals surface area contributed by atoms with Gasteiger partial charge in [0.1, 0.15) is 11.9 Å². The molecule has 0 unspecified atom stereocenters. The van der Waals surface area contributed by atoms with Gasteiger partial charge >= 0.3 is 6.03 Å². The number of hydrogen-bond donors (Lipinski definition) is 3. The molecule has 0 radical (unpaired) electrons. The summed E-state index contributed by atoms with van der Waals surface area (Å²) in [6, 6.07) is 6.14.